The zero-order valence-electron chi connectivity index (χ0n) is 20.3. The van der Waals surface area contributed by atoms with Crippen molar-refractivity contribution in [1.82, 2.24) is 14.6 Å². The van der Waals surface area contributed by atoms with Gasteiger partial charge in [-0.3, -0.25) is 4.79 Å². The molecule has 2 aromatic heterocycles. The highest BCUT2D eigenvalue weighted by molar-refractivity contribution is 6.05. The summed E-state index contributed by atoms with van der Waals surface area (Å²) in [5, 5.41) is 7.73. The van der Waals surface area contributed by atoms with E-state index in [1.165, 1.54) is 0 Å². The topological polar surface area (TPSA) is 77.8 Å². The number of nitrogens with zero attached hydrogens (tertiary/aromatic N) is 3. The highest BCUT2D eigenvalue weighted by Crippen LogP contribution is 2.36. The second kappa shape index (κ2) is 9.95. The van der Waals surface area contributed by atoms with Crippen LogP contribution in [0.2, 0.25) is 0 Å². The van der Waals surface area contributed by atoms with Gasteiger partial charge in [0.1, 0.15) is 0 Å². The minimum atomic E-state index is -0.206. The molecule has 34 heavy (non-hydrogen) atoms. The molecular formula is C27H30N4O3. The highest BCUT2D eigenvalue weighted by Gasteiger charge is 2.20. The first kappa shape index (κ1) is 23.3. The number of anilines is 1. The summed E-state index contributed by atoms with van der Waals surface area (Å²) in [7, 11) is 0. The third-order valence-electron chi connectivity index (χ3n) is 5.78. The van der Waals surface area contributed by atoms with E-state index in [1.54, 1.807) is 10.7 Å². The van der Waals surface area contributed by atoms with E-state index < -0.39 is 0 Å². The van der Waals surface area contributed by atoms with Gasteiger partial charge in [0.15, 0.2) is 17.1 Å². The number of carbonyl (C=O) groups is 1. The number of nitrogens with one attached hydrogen (secondary N) is 1. The molecule has 0 fully saturated rings. The average molecular weight is 459 g/mol. The Morgan fingerprint density at radius 2 is 1.74 bits per heavy atom. The zero-order valence-corrected chi connectivity index (χ0v) is 20.3. The number of hydrogen-bond acceptors (Lipinski definition) is 5. The van der Waals surface area contributed by atoms with Crippen molar-refractivity contribution in [2.24, 2.45) is 0 Å². The summed E-state index contributed by atoms with van der Waals surface area (Å²) < 4.78 is 13.2. The van der Waals surface area contributed by atoms with E-state index in [0.717, 1.165) is 40.2 Å². The van der Waals surface area contributed by atoms with Crippen molar-refractivity contribution in [2.45, 2.75) is 41.0 Å². The Labute approximate surface area is 199 Å². The number of aromatic nitrogens is 3. The fraction of sp³-hybridized carbons (Fsp3) is 0.296. The maximum Gasteiger partial charge on any atom is 0.259 e. The number of carbonyl (C=O) groups excluding carboxylic acids is 1. The molecule has 0 aliphatic rings. The lowest BCUT2D eigenvalue weighted by atomic mass is 10.1. The molecular weight excluding hydrogens is 428 g/mol. The van der Waals surface area contributed by atoms with Crippen molar-refractivity contribution in [1.29, 1.82) is 0 Å². The van der Waals surface area contributed by atoms with Crippen LogP contribution >= 0.6 is 0 Å². The number of para-hydroxylation sites is 1. The lowest BCUT2D eigenvalue weighted by Crippen LogP contribution is -2.17. The first-order valence-corrected chi connectivity index (χ1v) is 11.6. The Bertz CT molecular complexity index is 1340. The van der Waals surface area contributed by atoms with Gasteiger partial charge in [-0.1, -0.05) is 31.2 Å². The number of benzene rings is 2. The fourth-order valence-corrected chi connectivity index (χ4v) is 4.11. The molecule has 4 rings (SSSR count). The van der Waals surface area contributed by atoms with E-state index in [-0.39, 0.29) is 5.91 Å². The van der Waals surface area contributed by atoms with Crippen LogP contribution in [-0.4, -0.2) is 33.7 Å². The molecule has 1 amide bonds. The molecule has 7 nitrogen and oxygen atoms in total. The summed E-state index contributed by atoms with van der Waals surface area (Å²) in [5.74, 6) is 1.18. The minimum Gasteiger partial charge on any atom is -0.490 e. The number of amides is 1. The Kier molecular flexibility index (Phi) is 6.82. The van der Waals surface area contributed by atoms with E-state index in [9.17, 15) is 4.79 Å². The van der Waals surface area contributed by atoms with Crippen molar-refractivity contribution < 1.29 is 14.3 Å². The first-order chi connectivity index (χ1) is 16.5. The molecule has 0 unspecified atom stereocenters. The van der Waals surface area contributed by atoms with Crippen LogP contribution in [-0.2, 0) is 6.42 Å². The maximum absolute atomic E-state index is 13.1. The van der Waals surface area contributed by atoms with Crippen LogP contribution < -0.4 is 14.8 Å². The molecule has 1 N–H and O–H groups in total. The van der Waals surface area contributed by atoms with Crippen molar-refractivity contribution >= 4 is 17.2 Å². The van der Waals surface area contributed by atoms with Gasteiger partial charge in [0.2, 0.25) is 0 Å². The molecule has 4 aromatic rings. The Hall–Kier alpha value is -3.87. The van der Waals surface area contributed by atoms with Crippen LogP contribution in [0.15, 0.2) is 48.7 Å². The molecule has 2 heterocycles. The third kappa shape index (κ3) is 4.33. The summed E-state index contributed by atoms with van der Waals surface area (Å²) in [6.45, 7) is 10.9. The SMILES string of the molecule is CCOc1ccc(-c2c(C)nn3c(C)c(C(=O)Nc4ccccc4CC)cnc23)cc1OCC. The summed E-state index contributed by atoms with van der Waals surface area (Å²) in [4.78, 5) is 17.7. The van der Waals surface area contributed by atoms with Gasteiger partial charge in [0, 0.05) is 17.4 Å². The molecule has 7 heteroatoms. The second-order valence-electron chi connectivity index (χ2n) is 7.95. The van der Waals surface area contributed by atoms with Gasteiger partial charge >= 0.3 is 0 Å². The third-order valence-corrected chi connectivity index (χ3v) is 5.78. The quantitative estimate of drug-likeness (QED) is 0.370. The summed E-state index contributed by atoms with van der Waals surface area (Å²) >= 11 is 0. The molecule has 0 atom stereocenters. The number of aryl methyl sites for hydroxylation is 3. The van der Waals surface area contributed by atoms with Crippen molar-refractivity contribution in [3.8, 4) is 22.6 Å². The number of ether oxygens (including phenoxy) is 2. The number of hydrogen-bond donors (Lipinski definition) is 1. The molecule has 0 bridgehead atoms. The number of rotatable bonds is 8. The van der Waals surface area contributed by atoms with Gasteiger partial charge in [-0.2, -0.15) is 5.10 Å². The van der Waals surface area contributed by atoms with Crippen LogP contribution in [0, 0.1) is 13.8 Å². The predicted molar refractivity (Wildman–Crippen MR) is 134 cm³/mol. The standard InChI is InChI=1S/C27H30N4O3/c1-6-19-11-9-10-12-22(19)29-27(32)21-16-28-26-25(17(4)30-31(26)18(21)5)20-13-14-23(33-7-2)24(15-20)34-8-3/h9-16H,6-8H2,1-5H3,(H,29,32). The predicted octanol–water partition coefficient (Wildman–Crippen LogP) is 5.63. The van der Waals surface area contributed by atoms with Crippen molar-refractivity contribution in [3.05, 3.63) is 71.2 Å². The van der Waals surface area contributed by atoms with E-state index in [1.807, 2.05) is 70.2 Å². The molecule has 176 valence electrons. The molecule has 0 saturated carbocycles. The van der Waals surface area contributed by atoms with E-state index in [0.29, 0.717) is 35.9 Å². The smallest absolute Gasteiger partial charge is 0.259 e. The number of fused-ring (bicyclic) bond motifs is 1. The lowest BCUT2D eigenvalue weighted by Gasteiger charge is -2.13. The van der Waals surface area contributed by atoms with Crippen LogP contribution in [0.1, 0.15) is 48.1 Å². The zero-order chi connectivity index (χ0) is 24.2. The first-order valence-electron chi connectivity index (χ1n) is 11.6. The van der Waals surface area contributed by atoms with Gasteiger partial charge in [-0.05, 0) is 63.4 Å². The second-order valence-corrected chi connectivity index (χ2v) is 7.95. The van der Waals surface area contributed by atoms with E-state index >= 15 is 0 Å². The largest absolute Gasteiger partial charge is 0.490 e. The molecule has 0 aliphatic carbocycles. The normalized spacial score (nSPS) is 11.0. The molecule has 0 saturated heterocycles. The molecule has 0 radical (unpaired) electrons. The van der Waals surface area contributed by atoms with Gasteiger partial charge in [-0.25, -0.2) is 9.50 Å². The summed E-state index contributed by atoms with van der Waals surface area (Å²) in [6, 6.07) is 13.7. The van der Waals surface area contributed by atoms with E-state index in [4.69, 9.17) is 14.6 Å². The molecule has 0 aliphatic heterocycles. The summed E-state index contributed by atoms with van der Waals surface area (Å²) in [6.07, 6.45) is 2.46. The Morgan fingerprint density at radius 1 is 1.00 bits per heavy atom. The lowest BCUT2D eigenvalue weighted by molar-refractivity contribution is 0.102. The van der Waals surface area contributed by atoms with Crippen LogP contribution in [0.4, 0.5) is 5.69 Å². The summed E-state index contributed by atoms with van der Waals surface area (Å²) in [5.41, 5.74) is 6.43. The maximum atomic E-state index is 13.1. The minimum absolute atomic E-state index is 0.206. The van der Waals surface area contributed by atoms with Crippen molar-refractivity contribution in [3.63, 3.8) is 0 Å². The Morgan fingerprint density at radius 3 is 2.47 bits per heavy atom. The van der Waals surface area contributed by atoms with Crippen molar-refractivity contribution in [2.75, 3.05) is 18.5 Å². The highest BCUT2D eigenvalue weighted by atomic mass is 16.5. The van der Waals surface area contributed by atoms with E-state index in [2.05, 4.69) is 17.2 Å². The van der Waals surface area contributed by atoms with Gasteiger partial charge in [0.05, 0.1) is 30.2 Å². The van der Waals surface area contributed by atoms with Gasteiger partial charge in [0.25, 0.3) is 5.91 Å². The fourth-order valence-electron chi connectivity index (χ4n) is 4.11. The molecule has 2 aromatic carbocycles. The average Bonchev–Trinajstić information content (AvgIpc) is 3.18. The van der Waals surface area contributed by atoms with Gasteiger partial charge in [-0.15, -0.1) is 0 Å². The van der Waals surface area contributed by atoms with Crippen LogP contribution in [0.5, 0.6) is 11.5 Å². The van der Waals surface area contributed by atoms with Crippen LogP contribution in [0.25, 0.3) is 16.8 Å². The monoisotopic (exact) mass is 458 g/mol. The van der Waals surface area contributed by atoms with Gasteiger partial charge < -0.3 is 14.8 Å². The van der Waals surface area contributed by atoms with Crippen LogP contribution in [0.3, 0.4) is 0 Å². The molecule has 0 spiro atoms. The Balaban J connectivity index is 1.74.